The molecule has 0 saturated heterocycles. The molecule has 3 rings (SSSR count). The number of nitrogens with one attached hydrogen (secondary N) is 2. The van der Waals surface area contributed by atoms with Crippen molar-refractivity contribution in [3.8, 4) is 0 Å². The molecule has 9 heteroatoms. The number of aliphatic carboxylic acids is 1. The largest absolute Gasteiger partial charge is 0.481 e. The summed E-state index contributed by atoms with van der Waals surface area (Å²) in [6.07, 6.45) is 2.11. The first kappa shape index (κ1) is 15.3. The zero-order valence-electron chi connectivity index (χ0n) is 12.3. The van der Waals surface area contributed by atoms with Gasteiger partial charge in [0.05, 0.1) is 12.0 Å². The first-order valence-corrected chi connectivity index (χ1v) is 8.04. The molecule has 6 atom stereocenters. The van der Waals surface area contributed by atoms with Crippen LogP contribution in [0.1, 0.15) is 20.3 Å². The van der Waals surface area contributed by atoms with Crippen molar-refractivity contribution >= 4 is 23.6 Å². The lowest BCUT2D eigenvalue weighted by Crippen LogP contribution is -2.52. The fraction of sp³-hybridized carbons (Fsp3) is 0.692. The standard InChI is InChI=1S/C13H19N5O3S/c1-5(14)10(19)17-13(2)3-6(22-12-15-4-16-18-12)7-8(9(7)13)11(20)21/h4-9H,3,14H2,1-2H3,(H,17,19)(H,20,21)(H,15,16,18)/t5-,6+,7-,8-,9-,13-/m1/s1. The van der Waals surface area contributed by atoms with Crippen molar-refractivity contribution in [1.29, 1.82) is 0 Å². The second-order valence-corrected chi connectivity index (χ2v) is 7.54. The molecule has 1 heterocycles. The number of nitrogens with zero attached hydrogens (tertiary/aromatic N) is 2. The zero-order valence-corrected chi connectivity index (χ0v) is 13.1. The van der Waals surface area contributed by atoms with Crippen molar-refractivity contribution in [2.45, 2.75) is 42.3 Å². The van der Waals surface area contributed by atoms with E-state index in [-0.39, 0.29) is 23.0 Å². The summed E-state index contributed by atoms with van der Waals surface area (Å²) in [5, 5.41) is 19.7. The van der Waals surface area contributed by atoms with Crippen LogP contribution in [0.4, 0.5) is 0 Å². The van der Waals surface area contributed by atoms with Gasteiger partial charge in [-0.3, -0.25) is 14.7 Å². The molecule has 120 valence electrons. The zero-order chi connectivity index (χ0) is 16.1. The van der Waals surface area contributed by atoms with Gasteiger partial charge < -0.3 is 16.2 Å². The maximum absolute atomic E-state index is 11.9. The number of nitrogens with two attached hydrogens (primary N) is 1. The van der Waals surface area contributed by atoms with Crippen molar-refractivity contribution in [1.82, 2.24) is 20.5 Å². The normalized spacial score (nSPS) is 37.4. The number of carboxylic acids is 1. The van der Waals surface area contributed by atoms with E-state index < -0.39 is 23.5 Å². The number of carbonyl (C=O) groups is 2. The van der Waals surface area contributed by atoms with Gasteiger partial charge in [-0.1, -0.05) is 11.8 Å². The minimum Gasteiger partial charge on any atom is -0.481 e. The average Bonchev–Trinajstić information content (AvgIpc) is 2.89. The molecule has 8 nitrogen and oxygen atoms in total. The van der Waals surface area contributed by atoms with Crippen molar-refractivity contribution in [2.75, 3.05) is 0 Å². The predicted molar refractivity (Wildman–Crippen MR) is 78.9 cm³/mol. The Hall–Kier alpha value is -1.61. The smallest absolute Gasteiger partial charge is 0.307 e. The summed E-state index contributed by atoms with van der Waals surface area (Å²) in [6, 6.07) is -0.613. The summed E-state index contributed by atoms with van der Waals surface area (Å²) in [6.45, 7) is 3.53. The van der Waals surface area contributed by atoms with Crippen molar-refractivity contribution in [2.24, 2.45) is 23.5 Å². The molecule has 2 saturated carbocycles. The first-order valence-electron chi connectivity index (χ1n) is 7.16. The number of hydrogen-bond donors (Lipinski definition) is 4. The Labute approximate surface area is 131 Å². The highest BCUT2D eigenvalue weighted by atomic mass is 32.2. The summed E-state index contributed by atoms with van der Waals surface area (Å²) in [7, 11) is 0. The van der Waals surface area contributed by atoms with E-state index in [0.29, 0.717) is 11.6 Å². The number of fused-ring (bicyclic) bond motifs is 1. The van der Waals surface area contributed by atoms with Gasteiger partial charge in [0.25, 0.3) is 0 Å². The maximum Gasteiger partial charge on any atom is 0.307 e. The van der Waals surface area contributed by atoms with Gasteiger partial charge in [-0.05, 0) is 26.2 Å². The summed E-state index contributed by atoms with van der Waals surface area (Å²) >= 11 is 1.49. The molecular weight excluding hydrogens is 306 g/mol. The molecule has 2 aliphatic carbocycles. The molecule has 0 aliphatic heterocycles. The monoisotopic (exact) mass is 325 g/mol. The number of rotatable bonds is 5. The lowest BCUT2D eigenvalue weighted by atomic mass is 9.92. The summed E-state index contributed by atoms with van der Waals surface area (Å²) in [4.78, 5) is 27.5. The predicted octanol–water partition coefficient (Wildman–Crippen LogP) is -0.162. The number of H-pyrrole nitrogens is 1. The van der Waals surface area contributed by atoms with Crippen molar-refractivity contribution in [3.63, 3.8) is 0 Å². The van der Waals surface area contributed by atoms with Gasteiger partial charge in [0.1, 0.15) is 6.33 Å². The van der Waals surface area contributed by atoms with Crippen LogP contribution in [-0.2, 0) is 9.59 Å². The minimum atomic E-state index is -0.806. The molecule has 0 aromatic carbocycles. The number of hydrogen-bond acceptors (Lipinski definition) is 6. The van der Waals surface area contributed by atoms with E-state index in [9.17, 15) is 14.7 Å². The van der Waals surface area contributed by atoms with Gasteiger partial charge in [-0.25, -0.2) is 4.98 Å². The molecule has 0 spiro atoms. The third kappa shape index (κ3) is 2.48. The van der Waals surface area contributed by atoms with Gasteiger partial charge in [0.15, 0.2) is 5.16 Å². The van der Waals surface area contributed by atoms with E-state index in [1.54, 1.807) is 6.92 Å². The molecule has 2 aliphatic rings. The summed E-state index contributed by atoms with van der Waals surface area (Å²) in [5.74, 6) is -1.51. The molecule has 0 unspecified atom stereocenters. The third-order valence-electron chi connectivity index (χ3n) is 4.63. The lowest BCUT2D eigenvalue weighted by Gasteiger charge is -2.31. The Morgan fingerprint density at radius 2 is 2.36 bits per heavy atom. The minimum absolute atomic E-state index is 0.0333. The molecular formula is C13H19N5O3S. The average molecular weight is 325 g/mol. The lowest BCUT2D eigenvalue weighted by molar-refractivity contribution is -0.140. The highest BCUT2D eigenvalue weighted by Gasteiger charge is 2.71. The number of amides is 1. The number of carboxylic acid groups (broad SMARTS) is 1. The highest BCUT2D eigenvalue weighted by Crippen LogP contribution is 2.65. The van der Waals surface area contributed by atoms with Crippen LogP contribution >= 0.6 is 11.8 Å². The second-order valence-electron chi connectivity index (χ2n) is 6.31. The van der Waals surface area contributed by atoms with Crippen LogP contribution in [0, 0.1) is 17.8 Å². The maximum atomic E-state index is 11.9. The first-order chi connectivity index (χ1) is 10.3. The van der Waals surface area contributed by atoms with Crippen LogP contribution in [0.3, 0.4) is 0 Å². The fourth-order valence-electron chi connectivity index (χ4n) is 3.67. The van der Waals surface area contributed by atoms with Crippen LogP contribution < -0.4 is 11.1 Å². The molecule has 0 bridgehead atoms. The number of thioether (sulfide) groups is 1. The Bertz CT molecular complexity index is 593. The van der Waals surface area contributed by atoms with Crippen LogP contribution in [-0.4, -0.2) is 49.0 Å². The third-order valence-corrected chi connectivity index (χ3v) is 5.83. The Kier molecular flexibility index (Phi) is 3.64. The Morgan fingerprint density at radius 1 is 1.64 bits per heavy atom. The molecule has 1 aromatic rings. The van der Waals surface area contributed by atoms with Crippen molar-refractivity contribution in [3.05, 3.63) is 6.33 Å². The summed E-state index contributed by atoms with van der Waals surface area (Å²) < 4.78 is 0. The highest BCUT2D eigenvalue weighted by molar-refractivity contribution is 7.99. The molecule has 5 N–H and O–H groups in total. The van der Waals surface area contributed by atoms with Gasteiger partial charge in [0, 0.05) is 16.7 Å². The van der Waals surface area contributed by atoms with E-state index in [1.165, 1.54) is 18.1 Å². The second kappa shape index (κ2) is 5.24. The summed E-state index contributed by atoms with van der Waals surface area (Å²) in [5.41, 5.74) is 5.07. The quantitative estimate of drug-likeness (QED) is 0.591. The number of aromatic amines is 1. The van der Waals surface area contributed by atoms with E-state index in [0.717, 1.165) is 0 Å². The SMILES string of the molecule is C[C@@H](N)C(=O)N[C@]1(C)C[C@H](Sc2ncn[nH]2)[C@@H]2[C@@H](C(=O)O)[C@@H]21. The van der Waals surface area contributed by atoms with Gasteiger partial charge in [-0.15, -0.1) is 0 Å². The van der Waals surface area contributed by atoms with Gasteiger partial charge >= 0.3 is 5.97 Å². The van der Waals surface area contributed by atoms with Crippen LogP contribution in [0.2, 0.25) is 0 Å². The fourth-order valence-corrected chi connectivity index (χ4v) is 5.10. The van der Waals surface area contributed by atoms with E-state index in [2.05, 4.69) is 20.5 Å². The molecule has 2 fully saturated rings. The molecule has 1 amide bonds. The van der Waals surface area contributed by atoms with E-state index in [4.69, 9.17) is 5.73 Å². The topological polar surface area (TPSA) is 134 Å². The Balaban J connectivity index is 1.78. The number of aromatic nitrogens is 3. The number of carbonyl (C=O) groups excluding carboxylic acids is 1. The van der Waals surface area contributed by atoms with Crippen LogP contribution in [0.25, 0.3) is 0 Å². The van der Waals surface area contributed by atoms with Crippen LogP contribution in [0.5, 0.6) is 0 Å². The Morgan fingerprint density at radius 3 is 2.91 bits per heavy atom. The van der Waals surface area contributed by atoms with E-state index in [1.807, 2.05) is 6.92 Å². The van der Waals surface area contributed by atoms with E-state index >= 15 is 0 Å². The molecule has 0 radical (unpaired) electrons. The molecule has 22 heavy (non-hydrogen) atoms. The molecule has 1 aromatic heterocycles. The van der Waals surface area contributed by atoms with Gasteiger partial charge in [-0.2, -0.15) is 5.10 Å². The van der Waals surface area contributed by atoms with Crippen molar-refractivity contribution < 1.29 is 14.7 Å². The van der Waals surface area contributed by atoms with Crippen LogP contribution in [0.15, 0.2) is 11.5 Å². The van der Waals surface area contributed by atoms with Gasteiger partial charge in [0.2, 0.25) is 5.91 Å².